The van der Waals surface area contributed by atoms with Gasteiger partial charge in [0.1, 0.15) is 5.75 Å². The average molecular weight is 296 g/mol. The van der Waals surface area contributed by atoms with Gasteiger partial charge in [0.2, 0.25) is 0 Å². The van der Waals surface area contributed by atoms with E-state index in [2.05, 4.69) is 4.74 Å². The van der Waals surface area contributed by atoms with Crippen molar-refractivity contribution in [3.05, 3.63) is 34.4 Å². The number of esters is 1. The number of ether oxygens (including phenoxy) is 2. The van der Waals surface area contributed by atoms with Crippen LogP contribution in [-0.4, -0.2) is 49.0 Å². The second kappa shape index (κ2) is 7.83. The van der Waals surface area contributed by atoms with E-state index in [-0.39, 0.29) is 31.2 Å². The van der Waals surface area contributed by atoms with Crippen LogP contribution in [-0.2, 0) is 14.3 Å². The van der Waals surface area contributed by atoms with E-state index >= 15 is 0 Å². The second-order valence-corrected chi connectivity index (χ2v) is 4.18. The molecule has 0 aliphatic rings. The van der Waals surface area contributed by atoms with Gasteiger partial charge in [-0.2, -0.15) is 0 Å². The zero-order chi connectivity index (χ0) is 15.8. The van der Waals surface area contributed by atoms with Gasteiger partial charge in [0.15, 0.2) is 6.61 Å². The molecule has 0 unspecified atom stereocenters. The zero-order valence-corrected chi connectivity index (χ0v) is 11.8. The van der Waals surface area contributed by atoms with Crippen molar-refractivity contribution in [2.75, 3.05) is 27.3 Å². The molecule has 0 saturated carbocycles. The number of non-ortho nitro benzene ring substituents is 1. The third-order valence-electron chi connectivity index (χ3n) is 2.71. The lowest BCUT2D eigenvalue weighted by Gasteiger charge is -2.16. The van der Waals surface area contributed by atoms with Crippen LogP contribution < -0.4 is 4.74 Å². The predicted molar refractivity (Wildman–Crippen MR) is 72.9 cm³/mol. The van der Waals surface area contributed by atoms with Crippen molar-refractivity contribution in [1.29, 1.82) is 0 Å². The van der Waals surface area contributed by atoms with Crippen LogP contribution in [0.4, 0.5) is 5.69 Å². The maximum absolute atomic E-state index is 11.7. The van der Waals surface area contributed by atoms with Gasteiger partial charge in [0.25, 0.3) is 11.6 Å². The first kappa shape index (κ1) is 16.4. The number of benzene rings is 1. The molecule has 1 rings (SSSR count). The summed E-state index contributed by atoms with van der Waals surface area (Å²) in [6.07, 6.45) is 0.107. The molecular formula is C13H16N2O6. The van der Waals surface area contributed by atoms with Crippen LogP contribution in [0.5, 0.6) is 5.75 Å². The van der Waals surface area contributed by atoms with Gasteiger partial charge < -0.3 is 14.4 Å². The Morgan fingerprint density at radius 3 is 2.43 bits per heavy atom. The molecule has 0 spiro atoms. The largest absolute Gasteiger partial charge is 0.484 e. The number of methoxy groups -OCH3 is 1. The summed E-state index contributed by atoms with van der Waals surface area (Å²) < 4.78 is 9.70. The minimum atomic E-state index is -0.518. The Balaban J connectivity index is 2.41. The monoisotopic (exact) mass is 296 g/mol. The number of amides is 1. The van der Waals surface area contributed by atoms with Crippen molar-refractivity contribution in [1.82, 2.24) is 4.90 Å². The number of hydrogen-bond donors (Lipinski definition) is 0. The van der Waals surface area contributed by atoms with E-state index < -0.39 is 10.9 Å². The number of nitrogens with zero attached hydrogens (tertiary/aromatic N) is 2. The highest BCUT2D eigenvalue weighted by Gasteiger charge is 2.12. The quantitative estimate of drug-likeness (QED) is 0.423. The maximum Gasteiger partial charge on any atom is 0.307 e. The van der Waals surface area contributed by atoms with Gasteiger partial charge in [-0.25, -0.2) is 0 Å². The van der Waals surface area contributed by atoms with Gasteiger partial charge in [-0.3, -0.25) is 19.7 Å². The number of likely N-dealkylation sites (N-methyl/N-ethyl adjacent to an activating group) is 1. The third kappa shape index (κ3) is 5.47. The Kier molecular flexibility index (Phi) is 6.12. The fraction of sp³-hybridized carbons (Fsp3) is 0.385. The van der Waals surface area contributed by atoms with Crippen LogP contribution >= 0.6 is 0 Å². The summed E-state index contributed by atoms with van der Waals surface area (Å²) in [5.74, 6) is -0.349. The smallest absolute Gasteiger partial charge is 0.307 e. The molecule has 8 heteroatoms. The Morgan fingerprint density at radius 1 is 1.29 bits per heavy atom. The van der Waals surface area contributed by atoms with Crippen LogP contribution in [0, 0.1) is 10.1 Å². The van der Waals surface area contributed by atoms with E-state index in [0.717, 1.165) is 0 Å². The van der Waals surface area contributed by atoms with Crippen molar-refractivity contribution in [3.8, 4) is 5.75 Å². The number of nitro benzene ring substituents is 1. The van der Waals surface area contributed by atoms with Crippen LogP contribution in [0.1, 0.15) is 6.42 Å². The molecule has 0 N–H and O–H groups in total. The number of carbonyl (C=O) groups is 2. The molecule has 0 saturated heterocycles. The number of hydrogen-bond acceptors (Lipinski definition) is 6. The first-order valence-electron chi connectivity index (χ1n) is 6.12. The van der Waals surface area contributed by atoms with E-state index in [4.69, 9.17) is 4.74 Å². The molecule has 0 aliphatic heterocycles. The molecule has 0 heterocycles. The molecule has 0 bridgehead atoms. The minimum absolute atomic E-state index is 0.0520. The minimum Gasteiger partial charge on any atom is -0.484 e. The first-order valence-corrected chi connectivity index (χ1v) is 6.12. The molecule has 21 heavy (non-hydrogen) atoms. The molecule has 0 radical (unpaired) electrons. The van der Waals surface area contributed by atoms with E-state index in [0.29, 0.717) is 5.75 Å². The molecule has 8 nitrogen and oxygen atoms in total. The van der Waals surface area contributed by atoms with Crippen molar-refractivity contribution in [2.45, 2.75) is 6.42 Å². The highest BCUT2D eigenvalue weighted by atomic mass is 16.6. The summed E-state index contributed by atoms with van der Waals surface area (Å²) in [6.45, 7) is 0.0185. The molecule has 114 valence electrons. The van der Waals surface area contributed by atoms with E-state index in [1.807, 2.05) is 0 Å². The Hall–Kier alpha value is -2.64. The fourth-order valence-corrected chi connectivity index (χ4v) is 1.41. The van der Waals surface area contributed by atoms with E-state index in [1.165, 1.54) is 36.3 Å². The van der Waals surface area contributed by atoms with Gasteiger partial charge in [0, 0.05) is 25.7 Å². The normalized spacial score (nSPS) is 9.81. The zero-order valence-electron chi connectivity index (χ0n) is 11.8. The van der Waals surface area contributed by atoms with E-state index in [1.54, 1.807) is 7.05 Å². The lowest BCUT2D eigenvalue weighted by atomic mass is 10.3. The van der Waals surface area contributed by atoms with Crippen LogP contribution in [0.3, 0.4) is 0 Å². The summed E-state index contributed by atoms with van der Waals surface area (Å²) in [4.78, 5) is 34.0. The second-order valence-electron chi connectivity index (χ2n) is 4.18. The van der Waals surface area contributed by atoms with Crippen molar-refractivity contribution < 1.29 is 24.0 Å². The van der Waals surface area contributed by atoms with Gasteiger partial charge in [-0.15, -0.1) is 0 Å². The van der Waals surface area contributed by atoms with Crippen LogP contribution in [0.2, 0.25) is 0 Å². The van der Waals surface area contributed by atoms with Crippen LogP contribution in [0.15, 0.2) is 24.3 Å². The summed E-state index contributed by atoms with van der Waals surface area (Å²) in [7, 11) is 2.83. The summed E-state index contributed by atoms with van der Waals surface area (Å²) in [5, 5.41) is 10.5. The number of nitro groups is 1. The average Bonchev–Trinajstić information content (AvgIpc) is 2.50. The Labute approximate surface area is 121 Å². The SMILES string of the molecule is COC(=O)CCN(C)C(=O)COc1ccc([N+](=O)[O-])cc1. The Bertz CT molecular complexity index is 514. The van der Waals surface area contributed by atoms with Crippen molar-refractivity contribution >= 4 is 17.6 Å². The lowest BCUT2D eigenvalue weighted by molar-refractivity contribution is -0.384. The molecule has 0 fully saturated rings. The molecule has 1 aromatic carbocycles. The first-order chi connectivity index (χ1) is 9.93. The summed E-state index contributed by atoms with van der Waals surface area (Å²) in [6, 6.07) is 5.42. The van der Waals surface area contributed by atoms with Gasteiger partial charge in [-0.05, 0) is 12.1 Å². The molecule has 1 aromatic rings. The molecular weight excluding hydrogens is 280 g/mol. The van der Waals surface area contributed by atoms with Gasteiger partial charge >= 0.3 is 5.97 Å². The van der Waals surface area contributed by atoms with Crippen molar-refractivity contribution in [2.24, 2.45) is 0 Å². The predicted octanol–water partition coefficient (Wildman–Crippen LogP) is 0.995. The number of carbonyl (C=O) groups excluding carboxylic acids is 2. The lowest BCUT2D eigenvalue weighted by Crippen LogP contribution is -2.33. The van der Waals surface area contributed by atoms with Gasteiger partial charge in [-0.1, -0.05) is 0 Å². The van der Waals surface area contributed by atoms with Crippen LogP contribution in [0.25, 0.3) is 0 Å². The molecule has 0 aliphatic carbocycles. The Morgan fingerprint density at radius 2 is 1.90 bits per heavy atom. The standard InChI is InChI=1S/C13H16N2O6/c1-14(8-7-13(17)20-2)12(16)9-21-11-5-3-10(4-6-11)15(18)19/h3-6H,7-9H2,1-2H3. The highest BCUT2D eigenvalue weighted by Crippen LogP contribution is 2.17. The van der Waals surface area contributed by atoms with E-state index in [9.17, 15) is 19.7 Å². The van der Waals surface area contributed by atoms with Crippen molar-refractivity contribution in [3.63, 3.8) is 0 Å². The maximum atomic E-state index is 11.7. The fourth-order valence-electron chi connectivity index (χ4n) is 1.41. The number of rotatable bonds is 7. The molecule has 0 aromatic heterocycles. The van der Waals surface area contributed by atoms with Gasteiger partial charge in [0.05, 0.1) is 18.5 Å². The molecule has 0 atom stereocenters. The molecule has 1 amide bonds. The highest BCUT2D eigenvalue weighted by molar-refractivity contribution is 5.78. The summed E-state index contributed by atoms with van der Waals surface area (Å²) in [5.41, 5.74) is -0.0520. The third-order valence-corrected chi connectivity index (χ3v) is 2.71. The summed E-state index contributed by atoms with van der Waals surface area (Å²) >= 11 is 0. The topological polar surface area (TPSA) is 99.0 Å².